The van der Waals surface area contributed by atoms with E-state index < -0.39 is 32.4 Å². The Morgan fingerprint density at radius 1 is 1.24 bits per heavy atom. The van der Waals surface area contributed by atoms with Gasteiger partial charge in [0.2, 0.25) is 0 Å². The van der Waals surface area contributed by atoms with E-state index in [4.69, 9.17) is 43.2 Å². The smallest absolute Gasteiger partial charge is 0.356 e. The molecule has 0 spiro atoms. The van der Waals surface area contributed by atoms with Crippen LogP contribution in [0.1, 0.15) is 10.5 Å². The molecule has 0 radical (unpaired) electrons. The predicted molar refractivity (Wildman–Crippen MR) is 73.8 cm³/mol. The van der Waals surface area contributed by atoms with Crippen LogP contribution in [-0.2, 0) is 9.36 Å². The number of aromatic nitrogens is 1. The fourth-order valence-corrected chi connectivity index (χ4v) is 1.61. The van der Waals surface area contributed by atoms with E-state index in [0.29, 0.717) is 0 Å². The second-order valence-corrected chi connectivity index (χ2v) is 5.85. The van der Waals surface area contributed by atoms with E-state index in [0.717, 1.165) is 0 Å². The molecule has 1 rings (SSSR count). The minimum atomic E-state index is -4.10. The number of nitrogens with one attached hydrogen (secondary N) is 1. The first-order valence-corrected chi connectivity index (χ1v) is 7.60. The molecule has 0 aliphatic heterocycles. The summed E-state index contributed by atoms with van der Waals surface area (Å²) in [4.78, 5) is 40.0. The number of aromatic carboxylic acids is 1. The first-order chi connectivity index (χ1) is 9.53. The number of aliphatic carboxylic acids is 1. The third-order valence-electron chi connectivity index (χ3n) is 1.61. The van der Waals surface area contributed by atoms with Crippen molar-refractivity contribution in [3.63, 3.8) is 0 Å². The van der Waals surface area contributed by atoms with Gasteiger partial charge in [0.15, 0.2) is 5.69 Å². The molecule has 0 saturated carbocycles. The van der Waals surface area contributed by atoms with Crippen molar-refractivity contribution in [1.29, 1.82) is 0 Å². The quantitative estimate of drug-likeness (QED) is 0.379. The van der Waals surface area contributed by atoms with Crippen molar-refractivity contribution < 1.29 is 34.2 Å². The van der Waals surface area contributed by atoms with Gasteiger partial charge in [-0.3, -0.25) is 14.7 Å². The van der Waals surface area contributed by atoms with E-state index in [1.54, 1.807) is 0 Å². The Morgan fingerprint density at radius 2 is 1.81 bits per heavy atom. The fraction of sp³-hybridized carbons (Fsp3) is 0.222. The number of rotatable bonds is 5. The van der Waals surface area contributed by atoms with Gasteiger partial charge in [-0.2, -0.15) is 0 Å². The van der Waals surface area contributed by atoms with Crippen molar-refractivity contribution in [3.8, 4) is 0 Å². The normalized spacial score (nSPS) is 10.5. The van der Waals surface area contributed by atoms with Crippen LogP contribution in [0.2, 0.25) is 10.2 Å². The highest BCUT2D eigenvalue weighted by molar-refractivity contribution is 7.51. The van der Waals surface area contributed by atoms with Gasteiger partial charge in [0.05, 0.1) is 17.9 Å². The predicted octanol–water partition coefficient (Wildman–Crippen LogP) is 0.882. The zero-order valence-corrected chi connectivity index (χ0v) is 12.6. The number of pyridine rings is 1. The number of hydrogen-bond acceptors (Lipinski definition) is 5. The first-order valence-electron chi connectivity index (χ1n) is 5.05. The zero-order valence-electron chi connectivity index (χ0n) is 10.2. The van der Waals surface area contributed by atoms with Gasteiger partial charge in [0, 0.05) is 0 Å². The van der Waals surface area contributed by atoms with Gasteiger partial charge in [0.1, 0.15) is 5.15 Å². The maximum Gasteiger partial charge on any atom is 0.356 e. The lowest BCUT2D eigenvalue weighted by molar-refractivity contribution is -0.135. The van der Waals surface area contributed by atoms with Crippen LogP contribution in [0.4, 0.5) is 0 Å². The molecule has 118 valence electrons. The maximum atomic E-state index is 10.4. The van der Waals surface area contributed by atoms with Crippen LogP contribution in [0.15, 0.2) is 12.1 Å². The standard InChI is InChI=1S/C6H3Cl2NO2.C3H8NO5P/c7-3-1-2-4(8)9-5(3)6(10)11;5-3(6)1-4-2-10(7,8)9/h1-2H,(H,10,11);4H,1-2H2,(H,5,6)(H2,7,8,9). The molecule has 0 unspecified atom stereocenters. The monoisotopic (exact) mass is 360 g/mol. The Labute approximate surface area is 128 Å². The third kappa shape index (κ3) is 10.2. The highest BCUT2D eigenvalue weighted by Crippen LogP contribution is 2.31. The summed E-state index contributed by atoms with van der Waals surface area (Å²) in [6.45, 7) is -0.439. The van der Waals surface area contributed by atoms with E-state index in [1.165, 1.54) is 12.1 Å². The molecular formula is C9H11Cl2N2O7P. The molecule has 0 aromatic carbocycles. The second-order valence-electron chi connectivity index (χ2n) is 3.41. The number of halogens is 2. The average molecular weight is 361 g/mol. The topological polar surface area (TPSA) is 157 Å². The Balaban J connectivity index is 0.000000384. The highest BCUT2D eigenvalue weighted by atomic mass is 35.5. The Hall–Kier alpha value is -1.22. The molecule has 5 N–H and O–H groups in total. The minimum Gasteiger partial charge on any atom is -0.480 e. The van der Waals surface area contributed by atoms with E-state index in [1.807, 2.05) is 0 Å². The summed E-state index contributed by atoms with van der Waals surface area (Å²) >= 11 is 10.9. The molecule has 21 heavy (non-hydrogen) atoms. The minimum absolute atomic E-state index is 0.0851. The number of carbonyl (C=O) groups is 2. The van der Waals surface area contributed by atoms with E-state index in [2.05, 4.69) is 10.3 Å². The first kappa shape index (κ1) is 19.8. The maximum absolute atomic E-state index is 10.4. The van der Waals surface area contributed by atoms with E-state index in [-0.39, 0.29) is 15.9 Å². The molecule has 12 heteroatoms. The SMILES string of the molecule is O=C(O)CNCP(=O)(O)O.O=C(O)c1nc(Cl)ccc1Cl. The number of nitrogens with zero attached hydrogens (tertiary/aromatic N) is 1. The van der Waals surface area contributed by atoms with Crippen LogP contribution < -0.4 is 5.32 Å². The van der Waals surface area contributed by atoms with Crippen LogP contribution in [0.5, 0.6) is 0 Å². The fourth-order valence-electron chi connectivity index (χ4n) is 0.877. The molecule has 9 nitrogen and oxygen atoms in total. The zero-order chi connectivity index (χ0) is 16.6. The summed E-state index contributed by atoms with van der Waals surface area (Å²) < 4.78 is 10.1. The lowest BCUT2D eigenvalue weighted by Gasteiger charge is -2.02. The largest absolute Gasteiger partial charge is 0.480 e. The molecule has 0 bridgehead atoms. The van der Waals surface area contributed by atoms with Crippen molar-refractivity contribution >= 4 is 42.7 Å². The highest BCUT2D eigenvalue weighted by Gasteiger charge is 2.11. The summed E-state index contributed by atoms with van der Waals surface area (Å²) in [6.07, 6.45) is -0.598. The van der Waals surface area contributed by atoms with Crippen molar-refractivity contribution in [3.05, 3.63) is 28.0 Å². The van der Waals surface area contributed by atoms with Crippen LogP contribution >= 0.6 is 30.8 Å². The lowest BCUT2D eigenvalue weighted by atomic mass is 10.3. The van der Waals surface area contributed by atoms with Crippen LogP contribution in [0, 0.1) is 0 Å². The number of carboxylic acids is 2. The average Bonchev–Trinajstić information content (AvgIpc) is 2.30. The number of carboxylic acid groups (broad SMARTS) is 2. The van der Waals surface area contributed by atoms with Gasteiger partial charge in [0.25, 0.3) is 0 Å². The summed E-state index contributed by atoms with van der Waals surface area (Å²) in [6, 6.07) is 2.82. The molecule has 1 aromatic heterocycles. The molecule has 0 atom stereocenters. The molecule has 1 heterocycles. The lowest BCUT2D eigenvalue weighted by Crippen LogP contribution is -2.23. The molecule has 0 saturated heterocycles. The Kier molecular flexibility index (Phi) is 8.41. The summed E-state index contributed by atoms with van der Waals surface area (Å²) in [7, 11) is -4.10. The van der Waals surface area contributed by atoms with Gasteiger partial charge >= 0.3 is 19.5 Å². The van der Waals surface area contributed by atoms with Gasteiger partial charge in [-0.15, -0.1) is 0 Å². The molecule has 0 fully saturated rings. The van der Waals surface area contributed by atoms with E-state index in [9.17, 15) is 14.2 Å². The second kappa shape index (κ2) is 8.93. The summed E-state index contributed by atoms with van der Waals surface area (Å²) in [5.41, 5.74) is -0.223. The van der Waals surface area contributed by atoms with Crippen molar-refractivity contribution in [1.82, 2.24) is 10.3 Å². The van der Waals surface area contributed by atoms with Gasteiger partial charge in [-0.25, -0.2) is 9.78 Å². The Bertz CT molecular complexity index is 563. The van der Waals surface area contributed by atoms with Crippen LogP contribution in [-0.4, -0.2) is 49.8 Å². The molecule has 0 aliphatic rings. The molecular weight excluding hydrogens is 350 g/mol. The summed E-state index contributed by atoms with van der Waals surface area (Å²) in [5.74, 6) is -2.33. The molecule has 0 aliphatic carbocycles. The number of hydrogen-bond donors (Lipinski definition) is 5. The van der Waals surface area contributed by atoms with Gasteiger partial charge < -0.3 is 20.0 Å². The van der Waals surface area contributed by atoms with Crippen LogP contribution in [0.3, 0.4) is 0 Å². The van der Waals surface area contributed by atoms with Gasteiger partial charge in [-0.05, 0) is 12.1 Å². The molecule has 0 amide bonds. The van der Waals surface area contributed by atoms with Crippen LogP contribution in [0.25, 0.3) is 0 Å². The van der Waals surface area contributed by atoms with Crippen molar-refractivity contribution in [2.45, 2.75) is 0 Å². The summed E-state index contributed by atoms with van der Waals surface area (Å²) in [5, 5.41) is 18.7. The third-order valence-corrected chi connectivity index (χ3v) is 2.76. The molecule has 1 aromatic rings. The van der Waals surface area contributed by atoms with Crippen molar-refractivity contribution in [2.24, 2.45) is 0 Å². The van der Waals surface area contributed by atoms with Crippen molar-refractivity contribution in [2.75, 3.05) is 12.8 Å². The van der Waals surface area contributed by atoms with Gasteiger partial charge in [-0.1, -0.05) is 23.2 Å². The van der Waals surface area contributed by atoms with E-state index >= 15 is 0 Å². The Morgan fingerprint density at radius 3 is 2.19 bits per heavy atom.